The first kappa shape index (κ1) is 20.8. The van der Waals surface area contributed by atoms with Crippen LogP contribution in [0.2, 0.25) is 5.02 Å². The number of hydrogen-bond donors (Lipinski definition) is 2. The Morgan fingerprint density at radius 2 is 1.61 bits per heavy atom. The number of aliphatic carboxylic acids is 1. The smallest absolute Gasteiger partial charge is 0.336 e. The Morgan fingerprint density at radius 1 is 0.968 bits per heavy atom. The zero-order valence-corrected chi connectivity index (χ0v) is 16.9. The first-order valence-corrected chi connectivity index (χ1v) is 9.87. The average molecular weight is 441 g/mol. The number of para-hydroxylation sites is 1. The maximum Gasteiger partial charge on any atom is 0.336 e. The molecule has 6 nitrogen and oxygen atoms in total. The Bertz CT molecular complexity index is 1080. The van der Waals surface area contributed by atoms with Gasteiger partial charge in [-0.15, -0.1) is 0 Å². The van der Waals surface area contributed by atoms with E-state index in [9.17, 15) is 19.1 Å². The molecule has 3 aromatic carbocycles. The zero-order valence-electron chi connectivity index (χ0n) is 16.1. The van der Waals surface area contributed by atoms with E-state index in [-0.39, 0.29) is 0 Å². The summed E-state index contributed by atoms with van der Waals surface area (Å²) in [4.78, 5) is 31.0. The Balaban J connectivity index is 1.75. The van der Waals surface area contributed by atoms with Crippen LogP contribution in [-0.4, -0.2) is 23.1 Å². The molecule has 4 rings (SSSR count). The van der Waals surface area contributed by atoms with Crippen molar-refractivity contribution in [1.82, 2.24) is 0 Å². The molecule has 2 N–H and O–H groups in total. The van der Waals surface area contributed by atoms with Crippen molar-refractivity contribution < 1.29 is 23.9 Å². The van der Waals surface area contributed by atoms with Gasteiger partial charge in [0.25, 0.3) is 0 Å². The molecule has 8 heteroatoms. The van der Waals surface area contributed by atoms with Crippen molar-refractivity contribution in [3.05, 3.63) is 95.3 Å². The van der Waals surface area contributed by atoms with Crippen LogP contribution in [0.5, 0.6) is 0 Å². The Morgan fingerprint density at radius 3 is 2.23 bits per heavy atom. The quantitative estimate of drug-likeness (QED) is 0.602. The number of carboxylic acid groups (broad SMARTS) is 1. The van der Waals surface area contributed by atoms with Crippen LogP contribution in [0.1, 0.15) is 11.6 Å². The fourth-order valence-corrected chi connectivity index (χ4v) is 3.73. The molecule has 1 amide bonds. The maximum absolute atomic E-state index is 13.2. The first-order valence-electron chi connectivity index (χ1n) is 9.50. The highest BCUT2D eigenvalue weighted by atomic mass is 35.5. The monoisotopic (exact) mass is 440 g/mol. The third kappa shape index (κ3) is 4.38. The zero-order chi connectivity index (χ0) is 22.0. The number of nitrogens with one attached hydrogen (secondary N) is 1. The highest BCUT2D eigenvalue weighted by molar-refractivity contribution is 6.30. The van der Waals surface area contributed by atoms with Crippen LogP contribution in [0.15, 0.2) is 78.9 Å². The van der Waals surface area contributed by atoms with Crippen LogP contribution < -0.4 is 10.4 Å². The van der Waals surface area contributed by atoms with Crippen LogP contribution in [0.4, 0.5) is 15.8 Å². The molecular weight excluding hydrogens is 423 g/mol. The molecule has 3 atom stereocenters. The van der Waals surface area contributed by atoms with E-state index in [2.05, 4.69) is 5.32 Å². The molecule has 0 aromatic heterocycles. The van der Waals surface area contributed by atoms with Gasteiger partial charge in [-0.1, -0.05) is 41.9 Å². The molecule has 0 saturated carbocycles. The first-order chi connectivity index (χ1) is 14.9. The average Bonchev–Trinajstić information content (AvgIpc) is 3.18. The van der Waals surface area contributed by atoms with Crippen LogP contribution in [0, 0.1) is 11.7 Å². The van der Waals surface area contributed by atoms with Gasteiger partial charge in [-0.2, -0.15) is 0 Å². The molecule has 3 aromatic rings. The highest BCUT2D eigenvalue weighted by Crippen LogP contribution is 2.43. The second-order valence-electron chi connectivity index (χ2n) is 7.04. The molecule has 158 valence electrons. The Labute approximate surface area is 182 Å². The summed E-state index contributed by atoms with van der Waals surface area (Å²) in [6.07, 6.45) is -1.43. The van der Waals surface area contributed by atoms with Gasteiger partial charge >= 0.3 is 5.97 Å². The van der Waals surface area contributed by atoms with Crippen molar-refractivity contribution in [2.24, 2.45) is 5.92 Å². The van der Waals surface area contributed by atoms with Gasteiger partial charge in [-0.05, 0) is 54.1 Å². The topological polar surface area (TPSA) is 78.9 Å². The second-order valence-corrected chi connectivity index (χ2v) is 7.48. The van der Waals surface area contributed by atoms with Crippen molar-refractivity contribution in [2.45, 2.75) is 12.1 Å². The number of rotatable bonds is 5. The summed E-state index contributed by atoms with van der Waals surface area (Å²) in [5.74, 6) is -3.36. The number of benzene rings is 3. The predicted octanol–water partition coefficient (Wildman–Crippen LogP) is 4.68. The molecule has 1 saturated heterocycles. The van der Waals surface area contributed by atoms with Crippen LogP contribution in [-0.2, 0) is 14.4 Å². The lowest BCUT2D eigenvalue weighted by atomic mass is 9.88. The second kappa shape index (κ2) is 8.75. The van der Waals surface area contributed by atoms with Gasteiger partial charge in [0.1, 0.15) is 11.7 Å². The lowest BCUT2D eigenvalue weighted by Crippen LogP contribution is -2.37. The van der Waals surface area contributed by atoms with Crippen molar-refractivity contribution in [1.29, 1.82) is 0 Å². The molecule has 0 aliphatic carbocycles. The lowest BCUT2D eigenvalue weighted by molar-refractivity contribution is -0.151. The summed E-state index contributed by atoms with van der Waals surface area (Å²) in [6, 6.07) is 20.2. The van der Waals surface area contributed by atoms with E-state index in [1.165, 1.54) is 29.3 Å². The lowest BCUT2D eigenvalue weighted by Gasteiger charge is -2.27. The largest absolute Gasteiger partial charge is 0.479 e. The van der Waals surface area contributed by atoms with Crippen molar-refractivity contribution >= 4 is 34.9 Å². The van der Waals surface area contributed by atoms with E-state index < -0.39 is 35.8 Å². The van der Waals surface area contributed by atoms with Crippen molar-refractivity contribution in [3.63, 3.8) is 0 Å². The summed E-state index contributed by atoms with van der Waals surface area (Å²) in [5, 5.41) is 14.4. The standard InChI is InChI=1S/C23H18ClFN2O4/c24-15-8-6-14(7-9-15)20-19(22(28)26-17-12-10-16(25)11-13-17)21(23(29)30)31-27(20)18-4-2-1-3-5-18/h1-13,19-21H,(H,26,28)(H,29,30)/t19-,20+,21-/m1/s1. The van der Waals surface area contributed by atoms with E-state index in [4.69, 9.17) is 16.4 Å². The molecule has 0 radical (unpaired) electrons. The van der Waals surface area contributed by atoms with Crippen molar-refractivity contribution in [3.8, 4) is 0 Å². The molecular formula is C23H18ClFN2O4. The molecule has 0 bridgehead atoms. The van der Waals surface area contributed by atoms with E-state index in [0.29, 0.717) is 22.0 Å². The highest BCUT2D eigenvalue weighted by Gasteiger charge is 2.52. The molecule has 0 spiro atoms. The number of nitrogens with zero attached hydrogens (tertiary/aromatic N) is 1. The number of anilines is 2. The Hall–Kier alpha value is -3.42. The third-order valence-electron chi connectivity index (χ3n) is 5.03. The van der Waals surface area contributed by atoms with E-state index >= 15 is 0 Å². The molecule has 31 heavy (non-hydrogen) atoms. The summed E-state index contributed by atoms with van der Waals surface area (Å²) >= 11 is 6.02. The number of carboxylic acids is 1. The Kier molecular flexibility index (Phi) is 5.88. The summed E-state index contributed by atoms with van der Waals surface area (Å²) < 4.78 is 13.2. The predicted molar refractivity (Wildman–Crippen MR) is 114 cm³/mol. The molecule has 1 aliphatic rings. The fourth-order valence-electron chi connectivity index (χ4n) is 3.60. The molecule has 1 heterocycles. The minimum atomic E-state index is -1.43. The number of carbonyl (C=O) groups is 2. The number of hydrogen-bond acceptors (Lipinski definition) is 4. The van der Waals surface area contributed by atoms with E-state index in [1.54, 1.807) is 48.5 Å². The van der Waals surface area contributed by atoms with Gasteiger partial charge in [0.05, 0.1) is 11.7 Å². The van der Waals surface area contributed by atoms with E-state index in [1.807, 2.05) is 6.07 Å². The number of halogens is 2. The minimum absolute atomic E-state index is 0.351. The number of hydroxylamine groups is 1. The number of carbonyl (C=O) groups excluding carboxylic acids is 1. The normalized spacial score (nSPS) is 20.5. The van der Waals surface area contributed by atoms with Crippen LogP contribution in [0.3, 0.4) is 0 Å². The van der Waals surface area contributed by atoms with Gasteiger partial charge in [-0.3, -0.25) is 9.63 Å². The van der Waals surface area contributed by atoms with Gasteiger partial charge < -0.3 is 10.4 Å². The van der Waals surface area contributed by atoms with Crippen molar-refractivity contribution in [2.75, 3.05) is 10.4 Å². The van der Waals surface area contributed by atoms with Gasteiger partial charge in [0.15, 0.2) is 6.10 Å². The molecule has 1 aliphatic heterocycles. The summed E-state index contributed by atoms with van der Waals surface area (Å²) in [5.41, 5.74) is 1.62. The fraction of sp³-hybridized carbons (Fsp3) is 0.130. The minimum Gasteiger partial charge on any atom is -0.479 e. The molecule has 0 unspecified atom stereocenters. The summed E-state index contributed by atoms with van der Waals surface area (Å²) in [7, 11) is 0. The van der Waals surface area contributed by atoms with Gasteiger partial charge in [0, 0.05) is 10.7 Å². The van der Waals surface area contributed by atoms with E-state index in [0.717, 1.165) is 0 Å². The third-order valence-corrected chi connectivity index (χ3v) is 5.28. The van der Waals surface area contributed by atoms with Gasteiger partial charge in [0.2, 0.25) is 5.91 Å². The van der Waals surface area contributed by atoms with Gasteiger partial charge in [-0.25, -0.2) is 14.2 Å². The number of amides is 1. The SMILES string of the molecule is O=C(Nc1ccc(F)cc1)[C@H]1[C@H](C(=O)O)ON(c2ccccc2)[C@H]1c1ccc(Cl)cc1. The maximum atomic E-state index is 13.2. The molecule has 1 fully saturated rings. The summed E-state index contributed by atoms with van der Waals surface area (Å²) in [6.45, 7) is 0. The van der Waals surface area contributed by atoms with Crippen LogP contribution in [0.25, 0.3) is 0 Å². The van der Waals surface area contributed by atoms with Crippen LogP contribution >= 0.6 is 11.6 Å².